The second-order valence-electron chi connectivity index (χ2n) is 7.01. The number of carbonyl (C=O) groups excluding carboxylic acids is 2. The van der Waals surface area contributed by atoms with Crippen LogP contribution in [-0.2, 0) is 14.3 Å². The van der Waals surface area contributed by atoms with Crippen molar-refractivity contribution in [1.29, 1.82) is 0 Å². The molecule has 1 aromatic carbocycles. The van der Waals surface area contributed by atoms with Crippen molar-refractivity contribution < 1.29 is 23.8 Å². The first kappa shape index (κ1) is 20.2. The first-order chi connectivity index (χ1) is 13.4. The Labute approximate surface area is 164 Å². The molecule has 1 fully saturated rings. The normalized spacial score (nSPS) is 20.1. The van der Waals surface area contributed by atoms with Crippen molar-refractivity contribution in [2.24, 2.45) is 0 Å². The standard InChI is InChI=1S/C20H27N3O5/c1-5-27-20(25)19-18(15-8-14(26-4)6-7-16(15)21-19)22-17(24)11-23-9-12(2)28-13(3)10-23/h6-8,12-13,21H,5,9-11H2,1-4H3,(H,22,24). The van der Waals surface area contributed by atoms with Crippen molar-refractivity contribution in [1.82, 2.24) is 9.88 Å². The van der Waals surface area contributed by atoms with Crippen LogP contribution in [0.1, 0.15) is 31.3 Å². The minimum absolute atomic E-state index is 0.0731. The molecule has 0 spiro atoms. The van der Waals surface area contributed by atoms with Gasteiger partial charge in [-0.05, 0) is 39.0 Å². The number of esters is 1. The Bertz CT molecular complexity index is 853. The molecule has 2 unspecified atom stereocenters. The third kappa shape index (κ3) is 4.45. The number of methoxy groups -OCH3 is 1. The predicted octanol–water partition coefficient (Wildman–Crippen LogP) is 2.40. The molecule has 8 nitrogen and oxygen atoms in total. The van der Waals surface area contributed by atoms with Crippen molar-refractivity contribution >= 4 is 28.5 Å². The molecule has 2 aromatic rings. The van der Waals surface area contributed by atoms with Gasteiger partial charge in [0.1, 0.15) is 11.4 Å². The fourth-order valence-electron chi connectivity index (χ4n) is 3.58. The van der Waals surface area contributed by atoms with E-state index in [-0.39, 0.29) is 37.0 Å². The molecule has 0 radical (unpaired) electrons. The summed E-state index contributed by atoms with van der Waals surface area (Å²) in [5.74, 6) is -0.0783. The van der Waals surface area contributed by atoms with Crippen LogP contribution in [-0.4, -0.2) is 67.3 Å². The number of ether oxygens (including phenoxy) is 3. The third-order valence-corrected chi connectivity index (χ3v) is 4.61. The van der Waals surface area contributed by atoms with E-state index in [1.54, 1.807) is 32.2 Å². The number of carbonyl (C=O) groups is 2. The Morgan fingerprint density at radius 2 is 2.00 bits per heavy atom. The first-order valence-corrected chi connectivity index (χ1v) is 9.45. The van der Waals surface area contributed by atoms with Crippen LogP contribution in [0.2, 0.25) is 0 Å². The third-order valence-electron chi connectivity index (χ3n) is 4.61. The molecule has 0 saturated carbocycles. The largest absolute Gasteiger partial charge is 0.497 e. The number of aromatic nitrogens is 1. The maximum atomic E-state index is 12.7. The zero-order valence-electron chi connectivity index (χ0n) is 16.7. The lowest BCUT2D eigenvalue weighted by Gasteiger charge is -2.34. The summed E-state index contributed by atoms with van der Waals surface area (Å²) in [7, 11) is 1.57. The maximum Gasteiger partial charge on any atom is 0.356 e. The van der Waals surface area contributed by atoms with Crippen LogP contribution < -0.4 is 10.1 Å². The number of morpholine rings is 1. The van der Waals surface area contributed by atoms with Crippen molar-refractivity contribution in [3.63, 3.8) is 0 Å². The fourth-order valence-corrected chi connectivity index (χ4v) is 3.58. The second kappa shape index (κ2) is 8.62. The highest BCUT2D eigenvalue weighted by Crippen LogP contribution is 2.31. The van der Waals surface area contributed by atoms with Crippen LogP contribution in [0.25, 0.3) is 10.9 Å². The van der Waals surface area contributed by atoms with Gasteiger partial charge in [-0.3, -0.25) is 9.69 Å². The van der Waals surface area contributed by atoms with E-state index in [4.69, 9.17) is 14.2 Å². The Kier molecular flexibility index (Phi) is 6.21. The number of fused-ring (bicyclic) bond motifs is 1. The van der Waals surface area contributed by atoms with Crippen molar-refractivity contribution in [2.45, 2.75) is 33.0 Å². The number of rotatable bonds is 6. The highest BCUT2D eigenvalue weighted by atomic mass is 16.5. The van der Waals surface area contributed by atoms with Crippen LogP contribution in [0, 0.1) is 0 Å². The van der Waals surface area contributed by atoms with Gasteiger partial charge >= 0.3 is 5.97 Å². The van der Waals surface area contributed by atoms with Gasteiger partial charge in [0, 0.05) is 24.0 Å². The Morgan fingerprint density at radius 1 is 1.29 bits per heavy atom. The SMILES string of the molecule is CCOC(=O)c1[nH]c2ccc(OC)cc2c1NC(=O)CN1CC(C)OC(C)C1. The number of anilines is 1. The predicted molar refractivity (Wildman–Crippen MR) is 106 cm³/mol. The molecule has 28 heavy (non-hydrogen) atoms. The molecule has 3 rings (SSSR count). The lowest BCUT2D eigenvalue weighted by Crippen LogP contribution is -2.48. The van der Waals surface area contributed by atoms with Gasteiger partial charge in [0.15, 0.2) is 0 Å². The number of aromatic amines is 1. The zero-order valence-corrected chi connectivity index (χ0v) is 16.7. The van der Waals surface area contributed by atoms with Gasteiger partial charge in [0.2, 0.25) is 5.91 Å². The number of hydrogen-bond acceptors (Lipinski definition) is 6. The summed E-state index contributed by atoms with van der Waals surface area (Å²) in [6, 6.07) is 5.37. The number of amides is 1. The molecule has 1 aliphatic heterocycles. The summed E-state index contributed by atoms with van der Waals surface area (Å²) in [4.78, 5) is 30.2. The highest BCUT2D eigenvalue weighted by molar-refractivity contribution is 6.11. The Balaban J connectivity index is 1.86. The molecule has 0 aliphatic carbocycles. The van der Waals surface area contributed by atoms with E-state index in [9.17, 15) is 9.59 Å². The van der Waals surface area contributed by atoms with Gasteiger partial charge in [-0.25, -0.2) is 4.79 Å². The van der Waals surface area contributed by atoms with Crippen LogP contribution in [0.5, 0.6) is 5.75 Å². The Hall–Kier alpha value is -2.58. The molecule has 8 heteroatoms. The number of hydrogen-bond donors (Lipinski definition) is 2. The van der Waals surface area contributed by atoms with Gasteiger partial charge in [-0.1, -0.05) is 0 Å². The monoisotopic (exact) mass is 389 g/mol. The molecular weight excluding hydrogens is 362 g/mol. The van der Waals surface area contributed by atoms with Crippen LogP contribution in [0.4, 0.5) is 5.69 Å². The summed E-state index contributed by atoms with van der Waals surface area (Å²) in [5.41, 5.74) is 1.35. The number of H-pyrrole nitrogens is 1. The van der Waals surface area contributed by atoms with Crippen molar-refractivity contribution in [3.8, 4) is 5.75 Å². The minimum Gasteiger partial charge on any atom is -0.497 e. The van der Waals surface area contributed by atoms with Crippen LogP contribution in [0.15, 0.2) is 18.2 Å². The highest BCUT2D eigenvalue weighted by Gasteiger charge is 2.26. The molecule has 152 valence electrons. The first-order valence-electron chi connectivity index (χ1n) is 9.45. The van der Waals surface area contributed by atoms with Gasteiger partial charge in [-0.15, -0.1) is 0 Å². The molecule has 2 heterocycles. The summed E-state index contributed by atoms with van der Waals surface area (Å²) in [6.07, 6.45) is 0.146. The van der Waals surface area contributed by atoms with Gasteiger partial charge in [0.05, 0.1) is 38.2 Å². The summed E-state index contributed by atoms with van der Waals surface area (Å²) in [6.45, 7) is 7.55. The van der Waals surface area contributed by atoms with Crippen LogP contribution >= 0.6 is 0 Å². The Morgan fingerprint density at radius 3 is 2.64 bits per heavy atom. The molecule has 0 bridgehead atoms. The molecule has 1 amide bonds. The van der Waals surface area contributed by atoms with E-state index in [0.717, 1.165) is 0 Å². The van der Waals surface area contributed by atoms with Crippen molar-refractivity contribution in [3.05, 3.63) is 23.9 Å². The molecule has 1 aromatic heterocycles. The van der Waals surface area contributed by atoms with E-state index in [2.05, 4.69) is 10.3 Å². The van der Waals surface area contributed by atoms with E-state index in [1.807, 2.05) is 18.7 Å². The maximum absolute atomic E-state index is 12.7. The van der Waals surface area contributed by atoms with Crippen LogP contribution in [0.3, 0.4) is 0 Å². The zero-order chi connectivity index (χ0) is 20.3. The summed E-state index contributed by atoms with van der Waals surface area (Å²) < 4.78 is 16.1. The summed E-state index contributed by atoms with van der Waals surface area (Å²) >= 11 is 0. The number of benzene rings is 1. The molecular formula is C20H27N3O5. The lowest BCUT2D eigenvalue weighted by atomic mass is 10.2. The van der Waals surface area contributed by atoms with Gasteiger partial charge in [-0.2, -0.15) is 0 Å². The fraction of sp³-hybridized carbons (Fsp3) is 0.500. The van der Waals surface area contributed by atoms with Crippen molar-refractivity contribution in [2.75, 3.05) is 38.7 Å². The lowest BCUT2D eigenvalue weighted by molar-refractivity contribution is -0.121. The number of nitrogens with one attached hydrogen (secondary N) is 2. The van der Waals surface area contributed by atoms with E-state index in [0.29, 0.717) is 35.4 Å². The molecule has 2 N–H and O–H groups in total. The molecule has 1 saturated heterocycles. The molecule has 2 atom stereocenters. The van der Waals surface area contributed by atoms with E-state index in [1.165, 1.54) is 0 Å². The topological polar surface area (TPSA) is 92.9 Å². The number of nitrogens with zero attached hydrogens (tertiary/aromatic N) is 1. The van der Waals surface area contributed by atoms with Gasteiger partial charge in [0.25, 0.3) is 0 Å². The van der Waals surface area contributed by atoms with Gasteiger partial charge < -0.3 is 24.5 Å². The summed E-state index contributed by atoms with van der Waals surface area (Å²) in [5, 5.41) is 3.59. The smallest absolute Gasteiger partial charge is 0.356 e. The quantitative estimate of drug-likeness (QED) is 0.737. The second-order valence-corrected chi connectivity index (χ2v) is 7.01. The minimum atomic E-state index is -0.512. The van der Waals surface area contributed by atoms with E-state index < -0.39 is 5.97 Å². The van der Waals surface area contributed by atoms with E-state index >= 15 is 0 Å². The molecule has 1 aliphatic rings. The average molecular weight is 389 g/mol. The average Bonchev–Trinajstić information content (AvgIpc) is 2.98.